The molecule has 2 fully saturated rings. The predicted molar refractivity (Wildman–Crippen MR) is 92.2 cm³/mol. The van der Waals surface area contributed by atoms with E-state index in [-0.39, 0.29) is 0 Å². The third kappa shape index (κ3) is 2.65. The van der Waals surface area contributed by atoms with Crippen LogP contribution in [0.15, 0.2) is 18.3 Å². The van der Waals surface area contributed by atoms with Crippen LogP contribution in [0.1, 0.15) is 44.0 Å². The first-order valence-electron chi connectivity index (χ1n) is 8.46. The number of imidazole rings is 1. The maximum absolute atomic E-state index is 4.96. The van der Waals surface area contributed by atoms with Gasteiger partial charge in [0.1, 0.15) is 11.3 Å². The summed E-state index contributed by atoms with van der Waals surface area (Å²) in [5, 5.41) is 0.721. The third-order valence-electron chi connectivity index (χ3n) is 5.01. The first-order valence-corrected chi connectivity index (χ1v) is 9.51. The first kappa shape index (κ1) is 14.5. The van der Waals surface area contributed by atoms with Crippen molar-refractivity contribution in [3.63, 3.8) is 0 Å². The number of hydrogen-bond acceptors (Lipinski definition) is 4. The first-order chi connectivity index (χ1) is 10.8. The number of aromatic nitrogens is 3. The van der Waals surface area contributed by atoms with Crippen molar-refractivity contribution in [3.8, 4) is 0 Å². The van der Waals surface area contributed by atoms with E-state index in [1.54, 1.807) is 0 Å². The van der Waals surface area contributed by atoms with Crippen LogP contribution in [0.3, 0.4) is 0 Å². The van der Waals surface area contributed by atoms with E-state index in [9.17, 15) is 0 Å². The summed E-state index contributed by atoms with van der Waals surface area (Å²) in [5.74, 6) is 2.54. The van der Waals surface area contributed by atoms with E-state index < -0.39 is 0 Å². The van der Waals surface area contributed by atoms with E-state index in [2.05, 4.69) is 39.3 Å². The lowest BCUT2D eigenvalue weighted by Gasteiger charge is -2.25. The monoisotopic (exact) mass is 316 g/mol. The van der Waals surface area contributed by atoms with E-state index in [0.717, 1.165) is 23.0 Å². The number of pyridine rings is 1. The molecular weight excluding hydrogens is 292 g/mol. The molecule has 22 heavy (non-hydrogen) atoms. The molecule has 2 saturated heterocycles. The Morgan fingerprint density at radius 2 is 2.23 bits per heavy atom. The van der Waals surface area contributed by atoms with Gasteiger partial charge in [0.25, 0.3) is 0 Å². The SMILES string of the molecule is CN1CCCC1c1nc2cccnc2n1CC1CCCCS1. The summed E-state index contributed by atoms with van der Waals surface area (Å²) in [5.41, 5.74) is 2.13. The van der Waals surface area contributed by atoms with Gasteiger partial charge < -0.3 is 4.57 Å². The number of hydrogen-bond donors (Lipinski definition) is 0. The molecule has 0 saturated carbocycles. The third-order valence-corrected chi connectivity index (χ3v) is 6.39. The number of nitrogens with zero attached hydrogens (tertiary/aromatic N) is 4. The van der Waals surface area contributed by atoms with Gasteiger partial charge in [-0.05, 0) is 57.2 Å². The van der Waals surface area contributed by atoms with Crippen LogP contribution in [0, 0.1) is 0 Å². The molecule has 2 atom stereocenters. The van der Waals surface area contributed by atoms with Crippen LogP contribution in [0.2, 0.25) is 0 Å². The van der Waals surface area contributed by atoms with Gasteiger partial charge in [0, 0.05) is 18.0 Å². The van der Waals surface area contributed by atoms with Crippen molar-refractivity contribution >= 4 is 22.9 Å². The van der Waals surface area contributed by atoms with Crippen molar-refractivity contribution in [3.05, 3.63) is 24.2 Å². The lowest BCUT2D eigenvalue weighted by Crippen LogP contribution is -2.24. The fraction of sp³-hybridized carbons (Fsp3) is 0.647. The van der Waals surface area contributed by atoms with Crippen LogP contribution in [0.25, 0.3) is 11.2 Å². The normalized spacial score (nSPS) is 26.8. The van der Waals surface area contributed by atoms with Gasteiger partial charge in [-0.25, -0.2) is 9.97 Å². The van der Waals surface area contributed by atoms with E-state index in [1.807, 2.05) is 12.3 Å². The van der Waals surface area contributed by atoms with Crippen molar-refractivity contribution in [2.24, 2.45) is 0 Å². The average molecular weight is 316 g/mol. The molecule has 0 aromatic carbocycles. The van der Waals surface area contributed by atoms with Gasteiger partial charge >= 0.3 is 0 Å². The molecule has 2 aromatic heterocycles. The fourth-order valence-electron chi connectivity index (χ4n) is 3.80. The highest BCUT2D eigenvalue weighted by Crippen LogP contribution is 2.33. The molecule has 0 N–H and O–H groups in total. The zero-order chi connectivity index (χ0) is 14.9. The summed E-state index contributed by atoms with van der Waals surface area (Å²) in [6.45, 7) is 2.25. The molecule has 0 bridgehead atoms. The number of thioether (sulfide) groups is 1. The second kappa shape index (κ2) is 6.20. The molecule has 0 amide bonds. The summed E-state index contributed by atoms with van der Waals surface area (Å²) in [4.78, 5) is 12.0. The minimum atomic E-state index is 0.461. The Morgan fingerprint density at radius 1 is 1.27 bits per heavy atom. The van der Waals surface area contributed by atoms with Crippen molar-refractivity contribution in [2.45, 2.75) is 49.9 Å². The quantitative estimate of drug-likeness (QED) is 0.868. The Hall–Kier alpha value is -1.07. The maximum atomic E-state index is 4.96. The Bertz CT molecular complexity index is 647. The second-order valence-electron chi connectivity index (χ2n) is 6.55. The molecule has 2 aromatic rings. The number of fused-ring (bicyclic) bond motifs is 1. The fourth-order valence-corrected chi connectivity index (χ4v) is 5.09. The van der Waals surface area contributed by atoms with Gasteiger partial charge in [-0.1, -0.05) is 6.42 Å². The van der Waals surface area contributed by atoms with Crippen molar-refractivity contribution in [2.75, 3.05) is 19.3 Å². The van der Waals surface area contributed by atoms with Crippen LogP contribution in [-0.2, 0) is 6.54 Å². The van der Waals surface area contributed by atoms with Gasteiger partial charge in [0.15, 0.2) is 5.65 Å². The summed E-state index contributed by atoms with van der Waals surface area (Å²) in [6.07, 6.45) is 8.47. The summed E-state index contributed by atoms with van der Waals surface area (Å²) >= 11 is 2.13. The van der Waals surface area contributed by atoms with E-state index in [4.69, 9.17) is 4.98 Å². The molecule has 2 unspecified atom stereocenters. The Kier molecular flexibility index (Phi) is 4.09. The van der Waals surface area contributed by atoms with Gasteiger partial charge in [-0.15, -0.1) is 0 Å². The van der Waals surface area contributed by atoms with E-state index >= 15 is 0 Å². The second-order valence-corrected chi connectivity index (χ2v) is 7.96. The highest BCUT2D eigenvalue weighted by molar-refractivity contribution is 7.99. The van der Waals surface area contributed by atoms with Gasteiger partial charge in [-0.2, -0.15) is 11.8 Å². The van der Waals surface area contributed by atoms with Gasteiger partial charge in [0.05, 0.1) is 6.04 Å². The Balaban J connectivity index is 1.72. The zero-order valence-electron chi connectivity index (χ0n) is 13.2. The maximum Gasteiger partial charge on any atom is 0.160 e. The smallest absolute Gasteiger partial charge is 0.160 e. The minimum absolute atomic E-state index is 0.461. The van der Waals surface area contributed by atoms with Crippen LogP contribution < -0.4 is 0 Å². The molecule has 4 rings (SSSR count). The lowest BCUT2D eigenvalue weighted by molar-refractivity contribution is 0.298. The minimum Gasteiger partial charge on any atom is -0.310 e. The zero-order valence-corrected chi connectivity index (χ0v) is 14.1. The van der Waals surface area contributed by atoms with Crippen LogP contribution >= 0.6 is 11.8 Å². The van der Waals surface area contributed by atoms with Crippen LogP contribution in [0.4, 0.5) is 0 Å². The standard InChI is InChI=1S/C17H24N4S/c1-20-10-5-8-15(20)17-19-14-7-4-9-18-16(14)21(17)12-13-6-2-3-11-22-13/h4,7,9,13,15H,2-3,5-6,8,10-12H2,1H3. The van der Waals surface area contributed by atoms with Crippen LogP contribution in [0.5, 0.6) is 0 Å². The molecule has 4 nitrogen and oxygen atoms in total. The Labute approximate surface area is 136 Å². The van der Waals surface area contributed by atoms with E-state index in [0.29, 0.717) is 6.04 Å². The average Bonchev–Trinajstić information content (AvgIpc) is 3.12. The highest BCUT2D eigenvalue weighted by Gasteiger charge is 2.29. The molecular formula is C17H24N4S. The molecule has 118 valence electrons. The largest absolute Gasteiger partial charge is 0.310 e. The molecule has 2 aliphatic rings. The van der Waals surface area contributed by atoms with E-state index in [1.165, 1.54) is 50.2 Å². The van der Waals surface area contributed by atoms with Crippen molar-refractivity contribution in [1.82, 2.24) is 19.4 Å². The summed E-state index contributed by atoms with van der Waals surface area (Å²) < 4.78 is 2.42. The van der Waals surface area contributed by atoms with Gasteiger partial charge in [-0.3, -0.25) is 4.90 Å². The molecule has 2 aliphatic heterocycles. The van der Waals surface area contributed by atoms with Crippen LogP contribution in [-0.4, -0.2) is 44.0 Å². The van der Waals surface area contributed by atoms with Gasteiger partial charge in [0.2, 0.25) is 0 Å². The number of likely N-dealkylation sites (tertiary alicyclic amines) is 1. The lowest BCUT2D eigenvalue weighted by atomic mass is 10.1. The highest BCUT2D eigenvalue weighted by atomic mass is 32.2. The summed E-state index contributed by atoms with van der Waals surface area (Å²) in [7, 11) is 2.23. The summed E-state index contributed by atoms with van der Waals surface area (Å²) in [6, 6.07) is 4.56. The Morgan fingerprint density at radius 3 is 3.00 bits per heavy atom. The molecule has 4 heterocycles. The predicted octanol–water partition coefficient (Wildman–Crippen LogP) is 3.48. The molecule has 0 aliphatic carbocycles. The molecule has 5 heteroatoms. The number of rotatable bonds is 3. The van der Waals surface area contributed by atoms with Crippen molar-refractivity contribution < 1.29 is 0 Å². The molecule has 0 spiro atoms. The van der Waals surface area contributed by atoms with Crippen molar-refractivity contribution in [1.29, 1.82) is 0 Å². The topological polar surface area (TPSA) is 34.0 Å². The molecule has 0 radical (unpaired) electrons.